The Morgan fingerprint density at radius 3 is 2.88 bits per heavy atom. The van der Waals surface area contributed by atoms with Crippen molar-refractivity contribution in [1.82, 2.24) is 14.7 Å². The maximum absolute atomic E-state index is 12.7. The summed E-state index contributed by atoms with van der Waals surface area (Å²) < 4.78 is 2.07. The van der Waals surface area contributed by atoms with Gasteiger partial charge in [0, 0.05) is 37.4 Å². The molecule has 3 aromatic rings. The van der Waals surface area contributed by atoms with E-state index in [0.717, 1.165) is 30.9 Å². The second-order valence-electron chi connectivity index (χ2n) is 7.17. The molecule has 0 bridgehead atoms. The zero-order valence-electron chi connectivity index (χ0n) is 14.7. The van der Waals surface area contributed by atoms with E-state index in [4.69, 9.17) is 0 Å². The molecule has 1 aromatic carbocycles. The highest BCUT2D eigenvalue weighted by Crippen LogP contribution is 2.40. The summed E-state index contributed by atoms with van der Waals surface area (Å²) in [4.78, 5) is 19.7. The third-order valence-corrected chi connectivity index (χ3v) is 5.38. The Kier molecular flexibility index (Phi) is 3.66. The number of rotatable bonds is 5. The van der Waals surface area contributed by atoms with Gasteiger partial charge < -0.3 is 14.6 Å². The Bertz CT molecular complexity index is 973. The summed E-state index contributed by atoms with van der Waals surface area (Å²) in [6.07, 6.45) is 5.43. The molecule has 3 heterocycles. The summed E-state index contributed by atoms with van der Waals surface area (Å²) in [5.41, 5.74) is 4.14. The molecule has 0 atom stereocenters. The smallest absolute Gasteiger partial charge is 0.272 e. The Labute approximate surface area is 152 Å². The quantitative estimate of drug-likeness (QED) is 0.773. The molecule has 1 N–H and O–H groups in total. The molecular weight excluding hydrogens is 324 g/mol. The number of carbonyl (C=O) groups excluding carboxylic acids is 1. The number of hydrogen-bond acceptors (Lipinski definition) is 3. The molecule has 2 aliphatic rings. The molecule has 0 radical (unpaired) electrons. The molecule has 1 aliphatic heterocycles. The van der Waals surface area contributed by atoms with E-state index in [0.29, 0.717) is 18.2 Å². The molecule has 0 unspecified atom stereocenters. The minimum Gasteiger partial charge on any atom is -0.369 e. The molecule has 5 nitrogen and oxygen atoms in total. The first-order chi connectivity index (χ1) is 12.8. The third-order valence-electron chi connectivity index (χ3n) is 5.38. The van der Waals surface area contributed by atoms with Crippen LogP contribution in [0.3, 0.4) is 0 Å². The molecule has 2 aromatic heterocycles. The number of anilines is 1. The number of fused-ring (bicyclic) bond motifs is 2. The molecule has 1 aliphatic carbocycles. The van der Waals surface area contributed by atoms with Gasteiger partial charge in [-0.05, 0) is 43.0 Å². The average Bonchev–Trinajstić information content (AvgIpc) is 3.32. The van der Waals surface area contributed by atoms with Crippen molar-refractivity contribution < 1.29 is 4.79 Å². The standard InChI is InChI=1S/C21H22N4O/c26-21(22-11-14-24-13-10-15-5-1-2-6-17(15)24)19-18-7-3-4-12-25(18)20(23-19)16-8-9-16/h1-7,12,16H,8-11,13-14H2,(H,22,26). The van der Waals surface area contributed by atoms with Crippen LogP contribution in [0.25, 0.3) is 5.52 Å². The van der Waals surface area contributed by atoms with Gasteiger partial charge in [0.2, 0.25) is 0 Å². The van der Waals surface area contributed by atoms with Gasteiger partial charge in [-0.3, -0.25) is 4.79 Å². The van der Waals surface area contributed by atoms with E-state index in [-0.39, 0.29) is 5.91 Å². The number of para-hydroxylation sites is 1. The van der Waals surface area contributed by atoms with Crippen LogP contribution in [-0.2, 0) is 6.42 Å². The molecule has 0 saturated heterocycles. The van der Waals surface area contributed by atoms with E-state index in [9.17, 15) is 4.79 Å². The summed E-state index contributed by atoms with van der Waals surface area (Å²) in [6.45, 7) is 2.47. The predicted octanol–water partition coefficient (Wildman–Crippen LogP) is 3.00. The SMILES string of the molecule is O=C(NCCN1CCc2ccccc21)c1nc(C2CC2)n2ccccc12. The number of nitrogens with zero attached hydrogens (tertiary/aromatic N) is 3. The highest BCUT2D eigenvalue weighted by Gasteiger charge is 2.30. The first kappa shape index (κ1) is 15.4. The molecule has 5 heteroatoms. The van der Waals surface area contributed by atoms with Crippen molar-refractivity contribution in [1.29, 1.82) is 0 Å². The number of benzene rings is 1. The Morgan fingerprint density at radius 2 is 2.00 bits per heavy atom. The topological polar surface area (TPSA) is 49.6 Å². The maximum atomic E-state index is 12.7. The van der Waals surface area contributed by atoms with Crippen LogP contribution in [-0.4, -0.2) is 34.9 Å². The highest BCUT2D eigenvalue weighted by atomic mass is 16.1. The van der Waals surface area contributed by atoms with E-state index in [1.54, 1.807) is 0 Å². The molecule has 132 valence electrons. The minimum atomic E-state index is -0.0758. The fourth-order valence-corrected chi connectivity index (χ4v) is 3.89. The van der Waals surface area contributed by atoms with E-state index in [1.165, 1.54) is 24.1 Å². The summed E-state index contributed by atoms with van der Waals surface area (Å²) in [6, 6.07) is 14.4. The number of imidazole rings is 1. The number of pyridine rings is 1. The van der Waals surface area contributed by atoms with Crippen LogP contribution < -0.4 is 10.2 Å². The molecule has 26 heavy (non-hydrogen) atoms. The average molecular weight is 346 g/mol. The van der Waals surface area contributed by atoms with Gasteiger partial charge in [0.25, 0.3) is 5.91 Å². The van der Waals surface area contributed by atoms with Gasteiger partial charge in [0.15, 0.2) is 5.69 Å². The van der Waals surface area contributed by atoms with Crippen LogP contribution in [0.4, 0.5) is 5.69 Å². The summed E-state index contributed by atoms with van der Waals surface area (Å²) >= 11 is 0. The van der Waals surface area contributed by atoms with Crippen molar-refractivity contribution in [2.45, 2.75) is 25.2 Å². The van der Waals surface area contributed by atoms with Crippen molar-refractivity contribution in [3.8, 4) is 0 Å². The molecule has 0 spiro atoms. The second kappa shape index (κ2) is 6.16. The zero-order valence-corrected chi connectivity index (χ0v) is 14.7. The second-order valence-corrected chi connectivity index (χ2v) is 7.17. The third kappa shape index (κ3) is 2.64. The Hall–Kier alpha value is -2.82. The summed E-state index contributed by atoms with van der Waals surface area (Å²) in [7, 11) is 0. The Morgan fingerprint density at radius 1 is 1.15 bits per heavy atom. The van der Waals surface area contributed by atoms with Crippen molar-refractivity contribution in [3.05, 3.63) is 65.7 Å². The van der Waals surface area contributed by atoms with Crippen molar-refractivity contribution in [3.63, 3.8) is 0 Å². The molecule has 5 rings (SSSR count). The number of nitrogens with one attached hydrogen (secondary N) is 1. The largest absolute Gasteiger partial charge is 0.369 e. The lowest BCUT2D eigenvalue weighted by molar-refractivity contribution is 0.0951. The monoisotopic (exact) mass is 346 g/mol. The molecule has 1 saturated carbocycles. The van der Waals surface area contributed by atoms with Gasteiger partial charge in [0.1, 0.15) is 5.82 Å². The minimum absolute atomic E-state index is 0.0758. The van der Waals surface area contributed by atoms with Gasteiger partial charge in [0.05, 0.1) is 5.52 Å². The lowest BCUT2D eigenvalue weighted by atomic mass is 10.2. The Balaban J connectivity index is 1.29. The molecular formula is C21H22N4O. The van der Waals surface area contributed by atoms with Crippen LogP contribution in [0.2, 0.25) is 0 Å². The van der Waals surface area contributed by atoms with Gasteiger partial charge in [-0.1, -0.05) is 24.3 Å². The first-order valence-corrected chi connectivity index (χ1v) is 9.39. The fraction of sp³-hybridized carbons (Fsp3) is 0.333. The van der Waals surface area contributed by atoms with Crippen LogP contribution in [0.1, 0.15) is 40.6 Å². The molecule has 1 amide bonds. The fourth-order valence-electron chi connectivity index (χ4n) is 3.89. The van der Waals surface area contributed by atoms with Gasteiger partial charge in [-0.15, -0.1) is 0 Å². The summed E-state index contributed by atoms with van der Waals surface area (Å²) in [5, 5.41) is 3.07. The summed E-state index contributed by atoms with van der Waals surface area (Å²) in [5.74, 6) is 1.46. The van der Waals surface area contributed by atoms with E-state index < -0.39 is 0 Å². The van der Waals surface area contributed by atoms with Crippen molar-refractivity contribution in [2.75, 3.05) is 24.5 Å². The van der Waals surface area contributed by atoms with Gasteiger partial charge >= 0.3 is 0 Å². The molecule has 1 fully saturated rings. The number of amides is 1. The lowest BCUT2D eigenvalue weighted by Crippen LogP contribution is -2.34. The van der Waals surface area contributed by atoms with Crippen molar-refractivity contribution in [2.24, 2.45) is 0 Å². The normalized spacial score (nSPS) is 16.1. The van der Waals surface area contributed by atoms with Gasteiger partial charge in [-0.2, -0.15) is 0 Å². The van der Waals surface area contributed by atoms with Gasteiger partial charge in [-0.25, -0.2) is 4.98 Å². The van der Waals surface area contributed by atoms with Crippen LogP contribution in [0.15, 0.2) is 48.7 Å². The maximum Gasteiger partial charge on any atom is 0.272 e. The lowest BCUT2D eigenvalue weighted by Gasteiger charge is -2.19. The van der Waals surface area contributed by atoms with Crippen LogP contribution >= 0.6 is 0 Å². The van der Waals surface area contributed by atoms with E-state index >= 15 is 0 Å². The van der Waals surface area contributed by atoms with Crippen LogP contribution in [0, 0.1) is 0 Å². The van der Waals surface area contributed by atoms with Crippen molar-refractivity contribution >= 4 is 17.1 Å². The predicted molar refractivity (Wildman–Crippen MR) is 102 cm³/mol. The zero-order chi connectivity index (χ0) is 17.5. The van der Waals surface area contributed by atoms with E-state index in [2.05, 4.69) is 43.9 Å². The number of aromatic nitrogens is 2. The highest BCUT2D eigenvalue weighted by molar-refractivity contribution is 5.99. The van der Waals surface area contributed by atoms with Crippen LogP contribution in [0.5, 0.6) is 0 Å². The number of hydrogen-bond donors (Lipinski definition) is 1. The first-order valence-electron chi connectivity index (χ1n) is 9.39. The van der Waals surface area contributed by atoms with E-state index in [1.807, 2.05) is 24.4 Å². The number of carbonyl (C=O) groups is 1.